The largest absolute Gasteiger partial charge is 0.495 e. The fraction of sp³-hybridized carbons (Fsp3) is 0.273. The Bertz CT molecular complexity index is 1000. The number of methoxy groups -OCH3 is 2. The molecule has 164 valence electrons. The lowest BCUT2D eigenvalue weighted by Gasteiger charge is -2.30. The fourth-order valence-electron chi connectivity index (χ4n) is 3.22. The molecule has 0 unspecified atom stereocenters. The smallest absolute Gasteiger partial charge is 0.337 e. The molecule has 1 N–H and O–H groups in total. The Morgan fingerprint density at radius 2 is 1.87 bits per heavy atom. The Morgan fingerprint density at radius 3 is 2.55 bits per heavy atom. The second kappa shape index (κ2) is 10.5. The van der Waals surface area contributed by atoms with E-state index in [1.54, 1.807) is 36.4 Å². The van der Waals surface area contributed by atoms with E-state index in [0.717, 1.165) is 5.69 Å². The van der Waals surface area contributed by atoms with Crippen molar-refractivity contribution >= 4 is 52.5 Å². The van der Waals surface area contributed by atoms with Crippen LogP contribution in [0.1, 0.15) is 15.9 Å². The standard InChI is InChI=1S/C22H22Cl2N2O5/c1-29-21-14(11-16(23)13-17(21)24)4-6-20(27)25-18-12-15(22(28)30-2)3-5-19(18)26-7-9-31-10-8-26/h3-6,11-13H,7-10H2,1-2H3,(H,25,27)/b6-4+. The lowest BCUT2D eigenvalue weighted by molar-refractivity contribution is -0.111. The predicted molar refractivity (Wildman–Crippen MR) is 121 cm³/mol. The number of benzene rings is 2. The average Bonchev–Trinajstić information content (AvgIpc) is 2.77. The van der Waals surface area contributed by atoms with Crippen LogP contribution in [0.4, 0.5) is 11.4 Å². The van der Waals surface area contributed by atoms with E-state index in [9.17, 15) is 9.59 Å². The fourth-order valence-corrected chi connectivity index (χ4v) is 3.81. The van der Waals surface area contributed by atoms with Gasteiger partial charge in [0.05, 0.1) is 49.4 Å². The second-order valence-electron chi connectivity index (χ2n) is 6.66. The first-order valence-corrected chi connectivity index (χ1v) is 10.3. The first-order chi connectivity index (χ1) is 14.9. The van der Waals surface area contributed by atoms with Crippen LogP contribution in [0.5, 0.6) is 5.75 Å². The highest BCUT2D eigenvalue weighted by Gasteiger charge is 2.18. The topological polar surface area (TPSA) is 77.1 Å². The summed E-state index contributed by atoms with van der Waals surface area (Å²) in [5.41, 5.74) is 2.19. The first kappa shape index (κ1) is 22.9. The quantitative estimate of drug-likeness (QED) is 0.507. The maximum absolute atomic E-state index is 12.7. The molecule has 1 saturated heterocycles. The molecule has 31 heavy (non-hydrogen) atoms. The number of rotatable bonds is 6. The highest BCUT2D eigenvalue weighted by molar-refractivity contribution is 6.36. The number of anilines is 2. The monoisotopic (exact) mass is 464 g/mol. The number of amides is 1. The van der Waals surface area contributed by atoms with Crippen LogP contribution in [-0.4, -0.2) is 52.4 Å². The van der Waals surface area contributed by atoms with Gasteiger partial charge in [0, 0.05) is 29.8 Å². The molecule has 1 aliphatic rings. The van der Waals surface area contributed by atoms with Crippen LogP contribution in [0.2, 0.25) is 10.0 Å². The third-order valence-electron chi connectivity index (χ3n) is 4.68. The molecule has 0 saturated carbocycles. The van der Waals surface area contributed by atoms with Gasteiger partial charge in [0.25, 0.3) is 0 Å². The van der Waals surface area contributed by atoms with Crippen molar-refractivity contribution in [3.63, 3.8) is 0 Å². The van der Waals surface area contributed by atoms with E-state index in [4.69, 9.17) is 37.4 Å². The molecule has 2 aromatic carbocycles. The molecule has 2 aromatic rings. The van der Waals surface area contributed by atoms with E-state index in [2.05, 4.69) is 10.2 Å². The zero-order valence-electron chi connectivity index (χ0n) is 17.1. The molecule has 0 aliphatic carbocycles. The van der Waals surface area contributed by atoms with Crippen molar-refractivity contribution in [2.75, 3.05) is 50.7 Å². The number of carbonyl (C=O) groups excluding carboxylic acids is 2. The van der Waals surface area contributed by atoms with Crippen LogP contribution in [-0.2, 0) is 14.3 Å². The van der Waals surface area contributed by atoms with Gasteiger partial charge in [-0.3, -0.25) is 4.79 Å². The highest BCUT2D eigenvalue weighted by atomic mass is 35.5. The van der Waals surface area contributed by atoms with Crippen LogP contribution in [0, 0.1) is 0 Å². The summed E-state index contributed by atoms with van der Waals surface area (Å²) in [7, 11) is 2.79. The lowest BCUT2D eigenvalue weighted by Crippen LogP contribution is -2.36. The minimum atomic E-state index is -0.488. The Kier molecular flexibility index (Phi) is 7.79. The Labute approximate surface area is 190 Å². The van der Waals surface area contributed by atoms with E-state index >= 15 is 0 Å². The molecule has 3 rings (SSSR count). The number of hydrogen-bond acceptors (Lipinski definition) is 6. The zero-order valence-corrected chi connectivity index (χ0v) is 18.6. The van der Waals surface area contributed by atoms with Crippen molar-refractivity contribution in [1.82, 2.24) is 0 Å². The van der Waals surface area contributed by atoms with E-state index in [1.165, 1.54) is 20.3 Å². The molecule has 0 bridgehead atoms. The third kappa shape index (κ3) is 5.70. The molecule has 0 atom stereocenters. The molecular weight excluding hydrogens is 443 g/mol. The van der Waals surface area contributed by atoms with Crippen molar-refractivity contribution in [2.24, 2.45) is 0 Å². The van der Waals surface area contributed by atoms with Gasteiger partial charge in [0.1, 0.15) is 5.75 Å². The minimum absolute atomic E-state index is 0.335. The van der Waals surface area contributed by atoms with E-state index in [1.807, 2.05) is 0 Å². The van der Waals surface area contributed by atoms with Crippen LogP contribution in [0.25, 0.3) is 6.08 Å². The van der Waals surface area contributed by atoms with Crippen LogP contribution in [0.15, 0.2) is 36.4 Å². The summed E-state index contributed by atoms with van der Waals surface area (Å²) in [4.78, 5) is 26.7. The van der Waals surface area contributed by atoms with Gasteiger partial charge < -0.3 is 24.4 Å². The van der Waals surface area contributed by atoms with Crippen molar-refractivity contribution < 1.29 is 23.8 Å². The Hall–Kier alpha value is -2.74. The summed E-state index contributed by atoms with van der Waals surface area (Å²) in [5, 5.41) is 3.61. The average molecular weight is 465 g/mol. The third-order valence-corrected chi connectivity index (χ3v) is 5.18. The molecule has 0 spiro atoms. The number of esters is 1. The lowest BCUT2D eigenvalue weighted by atomic mass is 10.1. The number of nitrogens with one attached hydrogen (secondary N) is 1. The number of morpholine rings is 1. The molecule has 7 nitrogen and oxygen atoms in total. The Morgan fingerprint density at radius 1 is 1.13 bits per heavy atom. The number of hydrogen-bond donors (Lipinski definition) is 1. The van der Waals surface area contributed by atoms with Gasteiger partial charge in [-0.15, -0.1) is 0 Å². The van der Waals surface area contributed by atoms with Gasteiger partial charge in [-0.25, -0.2) is 4.79 Å². The highest BCUT2D eigenvalue weighted by Crippen LogP contribution is 2.33. The number of ether oxygens (including phenoxy) is 3. The number of carbonyl (C=O) groups is 2. The maximum Gasteiger partial charge on any atom is 0.337 e. The van der Waals surface area contributed by atoms with Crippen LogP contribution >= 0.6 is 23.2 Å². The molecule has 1 aliphatic heterocycles. The molecule has 1 fully saturated rings. The van der Waals surface area contributed by atoms with Gasteiger partial charge in [-0.2, -0.15) is 0 Å². The van der Waals surface area contributed by atoms with Gasteiger partial charge in [0.2, 0.25) is 5.91 Å². The predicted octanol–water partition coefficient (Wildman–Crippen LogP) is 4.28. The summed E-state index contributed by atoms with van der Waals surface area (Å²) in [6.07, 6.45) is 2.91. The summed E-state index contributed by atoms with van der Waals surface area (Å²) >= 11 is 12.2. The molecular formula is C22H22Cl2N2O5. The second-order valence-corrected chi connectivity index (χ2v) is 7.50. The molecule has 1 heterocycles. The normalized spacial score (nSPS) is 13.9. The number of halogens is 2. The summed E-state index contributed by atoms with van der Waals surface area (Å²) < 4.78 is 15.5. The zero-order chi connectivity index (χ0) is 22.4. The van der Waals surface area contributed by atoms with E-state index < -0.39 is 11.9 Å². The molecule has 1 amide bonds. The maximum atomic E-state index is 12.7. The van der Waals surface area contributed by atoms with E-state index in [0.29, 0.717) is 58.9 Å². The number of nitrogens with zero attached hydrogens (tertiary/aromatic N) is 1. The molecule has 9 heteroatoms. The summed E-state index contributed by atoms with van der Waals surface area (Å²) in [5.74, 6) is -0.468. The van der Waals surface area contributed by atoms with Crippen molar-refractivity contribution in [2.45, 2.75) is 0 Å². The van der Waals surface area contributed by atoms with Crippen molar-refractivity contribution in [3.8, 4) is 5.75 Å². The molecule has 0 aromatic heterocycles. The van der Waals surface area contributed by atoms with Crippen LogP contribution in [0.3, 0.4) is 0 Å². The van der Waals surface area contributed by atoms with Crippen LogP contribution < -0.4 is 15.0 Å². The van der Waals surface area contributed by atoms with Gasteiger partial charge >= 0.3 is 5.97 Å². The van der Waals surface area contributed by atoms with Crippen molar-refractivity contribution in [1.29, 1.82) is 0 Å². The minimum Gasteiger partial charge on any atom is -0.495 e. The van der Waals surface area contributed by atoms with E-state index in [-0.39, 0.29) is 0 Å². The van der Waals surface area contributed by atoms with Gasteiger partial charge in [-0.1, -0.05) is 23.2 Å². The van der Waals surface area contributed by atoms with Gasteiger partial charge in [0.15, 0.2) is 0 Å². The Balaban J connectivity index is 1.87. The first-order valence-electron chi connectivity index (χ1n) is 9.50. The van der Waals surface area contributed by atoms with Gasteiger partial charge in [-0.05, 0) is 36.4 Å². The van der Waals surface area contributed by atoms with Crippen molar-refractivity contribution in [3.05, 3.63) is 57.6 Å². The molecule has 0 radical (unpaired) electrons. The summed E-state index contributed by atoms with van der Waals surface area (Å²) in [6.45, 7) is 2.52. The summed E-state index contributed by atoms with van der Waals surface area (Å²) in [6, 6.07) is 8.26. The SMILES string of the molecule is COC(=O)c1ccc(N2CCOCC2)c(NC(=O)/C=C/c2cc(Cl)cc(Cl)c2OC)c1.